The van der Waals surface area contributed by atoms with Crippen molar-refractivity contribution in [1.29, 1.82) is 0 Å². The van der Waals surface area contributed by atoms with Crippen molar-refractivity contribution in [3.05, 3.63) is 54.1 Å². The molecule has 1 saturated carbocycles. The molecule has 1 atom stereocenters. The van der Waals surface area contributed by atoms with Crippen LogP contribution in [-0.4, -0.2) is 22.2 Å². The van der Waals surface area contributed by atoms with Crippen LogP contribution in [0.25, 0.3) is 0 Å². The molecule has 0 saturated heterocycles. The Balaban J connectivity index is 2.02. The summed E-state index contributed by atoms with van der Waals surface area (Å²) in [5.74, 6) is 0.972. The Bertz CT molecular complexity index is 622. The summed E-state index contributed by atoms with van der Waals surface area (Å²) in [7, 11) is 1.65. The summed E-state index contributed by atoms with van der Waals surface area (Å²) >= 11 is 0. The summed E-state index contributed by atoms with van der Waals surface area (Å²) in [6, 6.07) is 7.75. The molecule has 1 aliphatic rings. The van der Waals surface area contributed by atoms with Gasteiger partial charge in [-0.25, -0.2) is 9.97 Å². The van der Waals surface area contributed by atoms with Gasteiger partial charge in [0.05, 0.1) is 7.11 Å². The third-order valence-electron chi connectivity index (χ3n) is 5.23. The van der Waals surface area contributed by atoms with E-state index < -0.39 is 5.60 Å². The smallest absolute Gasteiger partial charge is 0.120 e. The fourth-order valence-electron chi connectivity index (χ4n) is 3.85. The lowest BCUT2D eigenvalue weighted by Gasteiger charge is -2.38. The number of ether oxygens (including phenoxy) is 1. The van der Waals surface area contributed by atoms with Crippen LogP contribution in [0.15, 0.2) is 43.0 Å². The number of hydrogen-bond acceptors (Lipinski definition) is 4. The van der Waals surface area contributed by atoms with E-state index >= 15 is 0 Å². The molecule has 24 heavy (non-hydrogen) atoms. The highest BCUT2D eigenvalue weighted by Gasteiger charge is 2.40. The summed E-state index contributed by atoms with van der Waals surface area (Å²) in [4.78, 5) is 8.30. The van der Waals surface area contributed by atoms with Crippen LogP contribution in [0.5, 0.6) is 5.75 Å². The van der Waals surface area contributed by atoms with Gasteiger partial charge in [0, 0.05) is 18.0 Å². The van der Waals surface area contributed by atoms with Crippen LogP contribution in [0.2, 0.25) is 0 Å². The normalized spacial score (nSPS) is 19.1. The van der Waals surface area contributed by atoms with Crippen LogP contribution >= 0.6 is 0 Å². The highest BCUT2D eigenvalue weighted by atomic mass is 16.5. The van der Waals surface area contributed by atoms with E-state index in [1.807, 2.05) is 24.3 Å². The van der Waals surface area contributed by atoms with Gasteiger partial charge < -0.3 is 9.84 Å². The Morgan fingerprint density at radius 2 is 1.50 bits per heavy atom. The number of aliphatic hydroxyl groups is 1. The molecule has 3 rings (SSSR count). The zero-order chi connectivity index (χ0) is 16.8. The first kappa shape index (κ1) is 16.9. The standard InChI is InChI=1S/C20H26N2O2/c1-24-19-11-9-17(10-12-19)20(23,18-13-21-15-22-14-18)16-7-5-3-2-4-6-8-16/h9-16,23H,2-8H2,1H3. The van der Waals surface area contributed by atoms with Gasteiger partial charge in [0.25, 0.3) is 0 Å². The molecule has 0 spiro atoms. The van der Waals surface area contributed by atoms with Crippen molar-refractivity contribution in [2.45, 2.75) is 50.5 Å². The lowest BCUT2D eigenvalue weighted by molar-refractivity contribution is 0.00346. The van der Waals surface area contributed by atoms with Gasteiger partial charge in [-0.1, -0.05) is 44.2 Å². The minimum atomic E-state index is -1.05. The molecule has 1 aromatic carbocycles. The maximum Gasteiger partial charge on any atom is 0.120 e. The Hall–Kier alpha value is -1.94. The van der Waals surface area contributed by atoms with E-state index in [1.165, 1.54) is 25.6 Å². The van der Waals surface area contributed by atoms with E-state index in [-0.39, 0.29) is 5.92 Å². The number of aromatic nitrogens is 2. The number of rotatable bonds is 4. The maximum atomic E-state index is 11.8. The number of nitrogens with zero attached hydrogens (tertiary/aromatic N) is 2. The van der Waals surface area contributed by atoms with Crippen LogP contribution in [0.3, 0.4) is 0 Å². The van der Waals surface area contributed by atoms with E-state index in [9.17, 15) is 5.11 Å². The Labute approximate surface area is 143 Å². The third-order valence-corrected chi connectivity index (χ3v) is 5.23. The summed E-state index contributed by atoms with van der Waals surface area (Å²) < 4.78 is 5.26. The summed E-state index contributed by atoms with van der Waals surface area (Å²) in [6.45, 7) is 0. The van der Waals surface area contributed by atoms with Crippen molar-refractivity contribution in [2.24, 2.45) is 5.92 Å². The number of hydrogen-bond donors (Lipinski definition) is 1. The second-order valence-electron chi connectivity index (χ2n) is 6.66. The quantitative estimate of drug-likeness (QED) is 0.920. The predicted molar refractivity (Wildman–Crippen MR) is 93.8 cm³/mol. The molecule has 1 N–H and O–H groups in total. The molecule has 4 nitrogen and oxygen atoms in total. The lowest BCUT2D eigenvalue weighted by atomic mass is 9.72. The van der Waals surface area contributed by atoms with Crippen molar-refractivity contribution < 1.29 is 9.84 Å². The fourth-order valence-corrected chi connectivity index (χ4v) is 3.85. The molecule has 0 radical (unpaired) electrons. The van der Waals surface area contributed by atoms with Gasteiger partial charge >= 0.3 is 0 Å². The van der Waals surface area contributed by atoms with Gasteiger partial charge in [0.1, 0.15) is 17.7 Å². The van der Waals surface area contributed by atoms with Crippen molar-refractivity contribution >= 4 is 0 Å². The van der Waals surface area contributed by atoms with Gasteiger partial charge in [-0.15, -0.1) is 0 Å². The molecule has 1 heterocycles. The topological polar surface area (TPSA) is 55.2 Å². The van der Waals surface area contributed by atoms with Crippen molar-refractivity contribution in [3.63, 3.8) is 0 Å². The summed E-state index contributed by atoms with van der Waals surface area (Å²) in [6.07, 6.45) is 13.2. The van der Waals surface area contributed by atoms with Gasteiger partial charge in [0.15, 0.2) is 0 Å². The molecule has 0 amide bonds. The van der Waals surface area contributed by atoms with Crippen molar-refractivity contribution in [2.75, 3.05) is 7.11 Å². The SMILES string of the molecule is COc1ccc(C(O)(c2cncnc2)C2CCCCCCC2)cc1. The minimum absolute atomic E-state index is 0.178. The first-order valence-corrected chi connectivity index (χ1v) is 8.87. The number of methoxy groups -OCH3 is 1. The number of benzene rings is 1. The Kier molecular flexibility index (Phi) is 5.46. The minimum Gasteiger partial charge on any atom is -0.497 e. The van der Waals surface area contributed by atoms with Crippen LogP contribution in [0.4, 0.5) is 0 Å². The summed E-state index contributed by atoms with van der Waals surface area (Å²) in [5, 5.41) is 11.8. The predicted octanol–water partition coefficient (Wildman–Crippen LogP) is 4.08. The highest BCUT2D eigenvalue weighted by molar-refractivity contribution is 5.38. The van der Waals surface area contributed by atoms with Gasteiger partial charge in [-0.05, 0) is 36.5 Å². The molecular weight excluding hydrogens is 300 g/mol. The largest absolute Gasteiger partial charge is 0.497 e. The molecule has 1 unspecified atom stereocenters. The van der Waals surface area contributed by atoms with E-state index in [0.29, 0.717) is 0 Å². The molecular formula is C20H26N2O2. The molecule has 1 aromatic heterocycles. The van der Waals surface area contributed by atoms with E-state index in [0.717, 1.165) is 42.6 Å². The summed E-state index contributed by atoms with van der Waals surface area (Å²) in [5.41, 5.74) is 0.620. The van der Waals surface area contributed by atoms with Gasteiger partial charge in [0.2, 0.25) is 0 Å². The van der Waals surface area contributed by atoms with E-state index in [2.05, 4.69) is 9.97 Å². The molecule has 4 heteroatoms. The lowest BCUT2D eigenvalue weighted by Crippen LogP contribution is -2.37. The monoisotopic (exact) mass is 326 g/mol. The first-order valence-electron chi connectivity index (χ1n) is 8.87. The second kappa shape index (κ2) is 7.75. The van der Waals surface area contributed by atoms with Crippen molar-refractivity contribution in [3.8, 4) is 5.75 Å². The van der Waals surface area contributed by atoms with Crippen LogP contribution in [0, 0.1) is 5.92 Å². The van der Waals surface area contributed by atoms with Gasteiger partial charge in [-0.2, -0.15) is 0 Å². The van der Waals surface area contributed by atoms with Crippen LogP contribution in [-0.2, 0) is 5.60 Å². The molecule has 1 aliphatic carbocycles. The molecule has 0 aliphatic heterocycles. The Morgan fingerprint density at radius 3 is 2.08 bits per heavy atom. The van der Waals surface area contributed by atoms with E-state index in [4.69, 9.17) is 4.74 Å². The average Bonchev–Trinajstić information content (AvgIpc) is 2.62. The van der Waals surface area contributed by atoms with Crippen LogP contribution in [0.1, 0.15) is 56.1 Å². The maximum absolute atomic E-state index is 11.8. The third kappa shape index (κ3) is 3.44. The fraction of sp³-hybridized carbons (Fsp3) is 0.500. The molecule has 128 valence electrons. The second-order valence-corrected chi connectivity index (χ2v) is 6.66. The average molecular weight is 326 g/mol. The molecule has 0 bridgehead atoms. The zero-order valence-corrected chi connectivity index (χ0v) is 14.3. The Morgan fingerprint density at radius 1 is 0.917 bits per heavy atom. The zero-order valence-electron chi connectivity index (χ0n) is 14.3. The first-order chi connectivity index (χ1) is 11.7. The highest BCUT2D eigenvalue weighted by Crippen LogP contribution is 2.42. The molecule has 1 fully saturated rings. The van der Waals surface area contributed by atoms with Crippen LogP contribution < -0.4 is 4.74 Å². The molecule has 2 aromatic rings. The van der Waals surface area contributed by atoms with Gasteiger partial charge in [-0.3, -0.25) is 0 Å². The van der Waals surface area contributed by atoms with E-state index in [1.54, 1.807) is 19.5 Å². The van der Waals surface area contributed by atoms with Crippen molar-refractivity contribution in [1.82, 2.24) is 9.97 Å².